The zero-order valence-corrected chi connectivity index (χ0v) is 14.0. The summed E-state index contributed by atoms with van der Waals surface area (Å²) in [7, 11) is 0. The van der Waals surface area contributed by atoms with Gasteiger partial charge in [0.25, 0.3) is 0 Å². The molecule has 0 aromatic carbocycles. The van der Waals surface area contributed by atoms with Crippen LogP contribution in [0.2, 0.25) is 0 Å². The van der Waals surface area contributed by atoms with E-state index in [0.717, 1.165) is 44.3 Å². The summed E-state index contributed by atoms with van der Waals surface area (Å²) in [6, 6.07) is 3.99. The molecule has 5 nitrogen and oxygen atoms in total. The minimum Gasteiger partial charge on any atom is -0.396 e. The van der Waals surface area contributed by atoms with Crippen molar-refractivity contribution in [1.29, 1.82) is 10.5 Å². The van der Waals surface area contributed by atoms with Crippen molar-refractivity contribution in [2.75, 3.05) is 26.3 Å². The Morgan fingerprint density at radius 2 is 1.67 bits per heavy atom. The highest BCUT2D eigenvalue weighted by Gasteiger charge is 2.25. The fraction of sp³-hybridized carbons (Fsp3) is 0.579. The van der Waals surface area contributed by atoms with Crippen LogP contribution >= 0.6 is 0 Å². The minimum atomic E-state index is 0.162. The fourth-order valence-electron chi connectivity index (χ4n) is 3.48. The maximum absolute atomic E-state index is 9.10. The van der Waals surface area contributed by atoms with Crippen molar-refractivity contribution in [3.05, 3.63) is 34.6 Å². The van der Waals surface area contributed by atoms with Gasteiger partial charge in [-0.05, 0) is 61.7 Å². The van der Waals surface area contributed by atoms with Gasteiger partial charge in [-0.25, -0.2) is 0 Å². The third-order valence-electron chi connectivity index (χ3n) is 4.78. The Bertz CT molecular complexity index is 596. The second kappa shape index (κ2) is 9.27. The molecule has 5 heteroatoms. The summed E-state index contributed by atoms with van der Waals surface area (Å²) in [5.74, 6) is 0.508. The van der Waals surface area contributed by atoms with E-state index in [-0.39, 0.29) is 18.8 Å². The Morgan fingerprint density at radius 3 is 2.25 bits per heavy atom. The van der Waals surface area contributed by atoms with Gasteiger partial charge in [-0.15, -0.1) is 0 Å². The summed E-state index contributed by atoms with van der Waals surface area (Å²) in [4.78, 5) is 2.25. The van der Waals surface area contributed by atoms with Crippen LogP contribution in [0, 0.1) is 28.6 Å². The smallest absolute Gasteiger partial charge is 0.132 e. The average molecular weight is 327 g/mol. The predicted molar refractivity (Wildman–Crippen MR) is 91.4 cm³/mol. The van der Waals surface area contributed by atoms with Gasteiger partial charge in [-0.3, -0.25) is 0 Å². The lowest BCUT2D eigenvalue weighted by Gasteiger charge is -2.34. The lowest BCUT2D eigenvalue weighted by Crippen LogP contribution is -2.29. The van der Waals surface area contributed by atoms with Gasteiger partial charge in [0.2, 0.25) is 0 Å². The number of hydrogen-bond acceptors (Lipinski definition) is 5. The molecule has 0 saturated carbocycles. The maximum atomic E-state index is 9.10. The van der Waals surface area contributed by atoms with E-state index >= 15 is 0 Å². The third kappa shape index (κ3) is 4.47. The first kappa shape index (κ1) is 18.3. The first-order chi connectivity index (χ1) is 11.7. The van der Waals surface area contributed by atoms with Crippen LogP contribution in [0.15, 0.2) is 34.6 Å². The highest BCUT2D eigenvalue weighted by molar-refractivity contribution is 5.49. The summed E-state index contributed by atoms with van der Waals surface area (Å²) in [6.45, 7) is 1.89. The van der Waals surface area contributed by atoms with E-state index in [2.05, 4.69) is 11.0 Å². The van der Waals surface area contributed by atoms with E-state index in [9.17, 15) is 0 Å². The quantitative estimate of drug-likeness (QED) is 0.701. The van der Waals surface area contributed by atoms with Gasteiger partial charge < -0.3 is 15.1 Å². The maximum Gasteiger partial charge on any atom is 0.132 e. The Hall–Kier alpha value is -2.08. The first-order valence-electron chi connectivity index (χ1n) is 8.65. The normalized spacial score (nSPS) is 19.5. The van der Waals surface area contributed by atoms with E-state index in [1.807, 2.05) is 18.2 Å². The van der Waals surface area contributed by atoms with Crippen LogP contribution < -0.4 is 0 Å². The number of nitrogens with zero attached hydrogens (tertiary/aromatic N) is 3. The van der Waals surface area contributed by atoms with Gasteiger partial charge in [0, 0.05) is 32.0 Å². The Labute approximate surface area is 143 Å². The summed E-state index contributed by atoms with van der Waals surface area (Å²) in [6.07, 6.45) is 9.50. The molecule has 0 fully saturated rings. The summed E-state index contributed by atoms with van der Waals surface area (Å²) in [5, 5.41) is 36.4. The SMILES string of the molecule is N#CC(C#N)=C1C=C2C=C(N(CCCO)CCCO)CCC2CC1. The summed E-state index contributed by atoms with van der Waals surface area (Å²) < 4.78 is 0. The number of hydrogen-bond donors (Lipinski definition) is 2. The lowest BCUT2D eigenvalue weighted by molar-refractivity contribution is 0.222. The topological polar surface area (TPSA) is 91.3 Å². The van der Waals surface area contributed by atoms with Gasteiger partial charge in [0.05, 0.1) is 0 Å². The number of aliphatic hydroxyl groups is 2. The van der Waals surface area contributed by atoms with Gasteiger partial charge in [0.15, 0.2) is 0 Å². The van der Waals surface area contributed by atoms with Crippen molar-refractivity contribution in [2.45, 2.75) is 38.5 Å². The minimum absolute atomic E-state index is 0.162. The van der Waals surface area contributed by atoms with Crippen molar-refractivity contribution in [1.82, 2.24) is 4.90 Å². The van der Waals surface area contributed by atoms with Crippen LogP contribution in [0.5, 0.6) is 0 Å². The highest BCUT2D eigenvalue weighted by Crippen LogP contribution is 2.38. The number of nitriles is 2. The third-order valence-corrected chi connectivity index (χ3v) is 4.78. The molecular weight excluding hydrogens is 302 g/mol. The molecule has 2 aliphatic rings. The van der Waals surface area contributed by atoms with Crippen LogP contribution in [0.4, 0.5) is 0 Å². The molecule has 0 amide bonds. The molecule has 0 spiro atoms. The van der Waals surface area contributed by atoms with Gasteiger partial charge >= 0.3 is 0 Å². The van der Waals surface area contributed by atoms with Gasteiger partial charge in [0.1, 0.15) is 17.7 Å². The number of rotatable bonds is 7. The molecular formula is C19H25N3O2. The zero-order valence-electron chi connectivity index (χ0n) is 14.0. The molecule has 2 rings (SSSR count). The second-order valence-corrected chi connectivity index (χ2v) is 6.32. The van der Waals surface area contributed by atoms with Crippen molar-refractivity contribution in [3.63, 3.8) is 0 Å². The predicted octanol–water partition coefficient (Wildman–Crippen LogP) is 2.41. The van der Waals surface area contributed by atoms with E-state index in [0.29, 0.717) is 18.8 Å². The lowest BCUT2D eigenvalue weighted by atomic mass is 9.77. The molecule has 128 valence electrons. The van der Waals surface area contributed by atoms with Crippen molar-refractivity contribution < 1.29 is 10.2 Å². The molecule has 24 heavy (non-hydrogen) atoms. The number of aliphatic hydroxyl groups excluding tert-OH is 2. The first-order valence-corrected chi connectivity index (χ1v) is 8.65. The van der Waals surface area contributed by atoms with E-state index in [1.165, 1.54) is 11.3 Å². The molecule has 0 bridgehead atoms. The van der Waals surface area contributed by atoms with E-state index < -0.39 is 0 Å². The van der Waals surface area contributed by atoms with E-state index in [4.69, 9.17) is 20.7 Å². The van der Waals surface area contributed by atoms with Crippen LogP contribution in [-0.4, -0.2) is 41.4 Å². The Balaban J connectivity index is 2.25. The number of fused-ring (bicyclic) bond motifs is 1. The Kier molecular flexibility index (Phi) is 7.06. The molecule has 0 aromatic heterocycles. The second-order valence-electron chi connectivity index (χ2n) is 6.32. The monoisotopic (exact) mass is 327 g/mol. The average Bonchev–Trinajstić information content (AvgIpc) is 2.62. The zero-order chi connectivity index (χ0) is 17.4. The van der Waals surface area contributed by atoms with Crippen molar-refractivity contribution in [2.24, 2.45) is 5.92 Å². The van der Waals surface area contributed by atoms with E-state index in [1.54, 1.807) is 0 Å². The van der Waals surface area contributed by atoms with Crippen molar-refractivity contribution >= 4 is 0 Å². The molecule has 2 aliphatic carbocycles. The molecule has 0 heterocycles. The van der Waals surface area contributed by atoms with Crippen molar-refractivity contribution in [3.8, 4) is 12.1 Å². The molecule has 0 radical (unpaired) electrons. The van der Waals surface area contributed by atoms with Crippen LogP contribution in [0.25, 0.3) is 0 Å². The standard InChI is InChI=1S/C19H25N3O2/c20-13-18(14-21)16-4-3-15-5-6-19(12-17(15)11-16)22(7-1-9-23)8-2-10-24/h11-12,15,23-24H,1-10H2. The molecule has 2 N–H and O–H groups in total. The van der Waals surface area contributed by atoms with Gasteiger partial charge in [-0.1, -0.05) is 6.08 Å². The summed E-state index contributed by atoms with van der Waals surface area (Å²) >= 11 is 0. The fourth-order valence-corrected chi connectivity index (χ4v) is 3.48. The molecule has 0 aromatic rings. The van der Waals surface area contributed by atoms with Crippen LogP contribution in [-0.2, 0) is 0 Å². The largest absolute Gasteiger partial charge is 0.396 e. The summed E-state index contributed by atoms with van der Waals surface area (Å²) in [5.41, 5.74) is 3.51. The molecule has 0 aliphatic heterocycles. The molecule has 0 saturated heterocycles. The van der Waals surface area contributed by atoms with Crippen LogP contribution in [0.3, 0.4) is 0 Å². The van der Waals surface area contributed by atoms with Crippen LogP contribution in [0.1, 0.15) is 38.5 Å². The highest BCUT2D eigenvalue weighted by atomic mass is 16.3. The van der Waals surface area contributed by atoms with Gasteiger partial charge in [-0.2, -0.15) is 10.5 Å². The number of allylic oxidation sites excluding steroid dienone is 6. The Morgan fingerprint density at radius 1 is 1.04 bits per heavy atom. The molecule has 1 atom stereocenters. The molecule has 1 unspecified atom stereocenters.